The highest BCUT2D eigenvalue weighted by Crippen LogP contribution is 2.34. The SMILES string of the molecule is COc1cc(F)cnc1-n1ncc2c(N3C[C@@H]4C[C@H]3C(=O)N(C)CCCn3cnc5cccc(c53)-c3cccc(n3)N4)ncnc21. The van der Waals surface area contributed by atoms with Gasteiger partial charge in [0.1, 0.15) is 29.8 Å². The van der Waals surface area contributed by atoms with E-state index in [0.717, 1.165) is 40.7 Å². The van der Waals surface area contributed by atoms with Gasteiger partial charge in [-0.1, -0.05) is 18.2 Å². The number of aryl methyl sites for hydroxylation is 1. The lowest BCUT2D eigenvalue weighted by atomic mass is 10.1. The van der Waals surface area contributed by atoms with Crippen LogP contribution in [-0.4, -0.2) is 89.4 Å². The third-order valence-corrected chi connectivity index (χ3v) is 8.71. The van der Waals surface area contributed by atoms with Crippen LogP contribution in [0.15, 0.2) is 67.5 Å². The Hall–Kier alpha value is -5.66. The van der Waals surface area contributed by atoms with E-state index in [1.165, 1.54) is 24.2 Å². The van der Waals surface area contributed by atoms with Crippen molar-refractivity contribution in [3.8, 4) is 22.8 Å². The summed E-state index contributed by atoms with van der Waals surface area (Å²) in [5, 5.41) is 8.74. The molecular weight excluding hydrogens is 589 g/mol. The van der Waals surface area contributed by atoms with Crippen molar-refractivity contribution in [2.75, 3.05) is 37.5 Å². The molecule has 1 N–H and O–H groups in total. The van der Waals surface area contributed by atoms with Gasteiger partial charge in [0.05, 0.1) is 47.9 Å². The minimum absolute atomic E-state index is 0.00177. The van der Waals surface area contributed by atoms with Gasteiger partial charge in [-0.15, -0.1) is 0 Å². The maximum Gasteiger partial charge on any atom is 0.245 e. The van der Waals surface area contributed by atoms with Gasteiger partial charge in [-0.25, -0.2) is 29.3 Å². The van der Waals surface area contributed by atoms with Gasteiger partial charge in [-0.05, 0) is 31.0 Å². The number of carbonyl (C=O) groups is 1. The standard InChI is InChI=1S/C32H30FN11O2/c1-41-10-5-11-42-18-37-24-8-3-6-21(28(24)42)23-7-4-9-27(40-23)39-20-13-25(32(41)45)43(16-20)29-22-15-38-44(30(22)36-17-35-29)31-26(46-2)12-19(33)14-34-31/h3-4,6-9,12,14-15,17-18,20,25H,5,10-11,13,16H2,1-2H3,(H,39,40)/t20-,25-/m0/s1. The number of halogens is 1. The summed E-state index contributed by atoms with van der Waals surface area (Å²) in [5.41, 5.74) is 4.26. The van der Waals surface area contributed by atoms with Gasteiger partial charge in [-0.2, -0.15) is 9.78 Å². The molecule has 1 amide bonds. The number of nitrogens with one attached hydrogen (secondary N) is 1. The predicted octanol–water partition coefficient (Wildman–Crippen LogP) is 3.69. The summed E-state index contributed by atoms with van der Waals surface area (Å²) in [4.78, 5) is 40.9. The lowest BCUT2D eigenvalue weighted by molar-refractivity contribution is -0.131. The molecule has 1 aromatic carbocycles. The van der Waals surface area contributed by atoms with E-state index in [0.29, 0.717) is 48.7 Å². The van der Waals surface area contributed by atoms with Gasteiger partial charge in [-0.3, -0.25) is 4.79 Å². The summed E-state index contributed by atoms with van der Waals surface area (Å²) in [5.74, 6) is 1.27. The molecular formula is C32H30FN11O2. The molecule has 7 heterocycles. The number of methoxy groups -OCH3 is 1. The monoisotopic (exact) mass is 619 g/mol. The quantitative estimate of drug-likeness (QED) is 0.313. The van der Waals surface area contributed by atoms with Crippen LogP contribution in [0.25, 0.3) is 39.1 Å². The summed E-state index contributed by atoms with van der Waals surface area (Å²) in [6.07, 6.45) is 7.34. The fourth-order valence-corrected chi connectivity index (χ4v) is 6.57. The number of aromatic nitrogens is 8. The number of nitrogens with zero attached hydrogens (tertiary/aromatic N) is 10. The van der Waals surface area contributed by atoms with Crippen LogP contribution in [0.5, 0.6) is 5.75 Å². The summed E-state index contributed by atoms with van der Waals surface area (Å²) in [6.45, 7) is 1.77. The highest BCUT2D eigenvalue weighted by atomic mass is 19.1. The molecule has 0 radical (unpaired) electrons. The molecule has 232 valence electrons. The molecule has 5 aromatic heterocycles. The molecule has 13 nitrogen and oxygen atoms in total. The van der Waals surface area contributed by atoms with Crippen LogP contribution in [0.4, 0.5) is 16.0 Å². The van der Waals surface area contributed by atoms with Gasteiger partial charge in [0.25, 0.3) is 0 Å². The minimum atomic E-state index is -0.526. The molecule has 6 aromatic rings. The molecule has 0 unspecified atom stereocenters. The summed E-state index contributed by atoms with van der Waals surface area (Å²) in [6, 6.07) is 12.7. The van der Waals surface area contributed by atoms with Crippen LogP contribution >= 0.6 is 0 Å². The van der Waals surface area contributed by atoms with E-state index in [1.807, 2.05) is 48.6 Å². The van der Waals surface area contributed by atoms with Gasteiger partial charge in [0.15, 0.2) is 17.2 Å². The molecule has 14 heteroatoms. The van der Waals surface area contributed by atoms with Crippen LogP contribution in [-0.2, 0) is 11.3 Å². The van der Waals surface area contributed by atoms with Crippen molar-refractivity contribution in [2.24, 2.45) is 0 Å². The Bertz CT molecular complexity index is 2110. The molecule has 4 bridgehead atoms. The second kappa shape index (κ2) is 11.1. The molecule has 0 spiro atoms. The predicted molar refractivity (Wildman–Crippen MR) is 169 cm³/mol. The number of amides is 1. The molecule has 2 aliphatic rings. The second-order valence-corrected chi connectivity index (χ2v) is 11.5. The number of likely N-dealkylation sites (N-methyl/N-ethyl adjacent to an activating group) is 1. The first kappa shape index (κ1) is 27.9. The van der Waals surface area contributed by atoms with Crippen LogP contribution in [0, 0.1) is 5.82 Å². The van der Waals surface area contributed by atoms with Crippen LogP contribution in [0.3, 0.4) is 0 Å². The van der Waals surface area contributed by atoms with Gasteiger partial charge >= 0.3 is 0 Å². The molecule has 2 aliphatic heterocycles. The van der Waals surface area contributed by atoms with Crippen molar-refractivity contribution in [2.45, 2.75) is 31.5 Å². The minimum Gasteiger partial charge on any atom is -0.493 e. The molecule has 8 rings (SSSR count). The fraction of sp³-hybridized carbons (Fsp3) is 0.281. The second-order valence-electron chi connectivity index (χ2n) is 11.5. The number of benzene rings is 1. The Morgan fingerprint density at radius 1 is 1.02 bits per heavy atom. The number of hydrogen-bond acceptors (Lipinski definition) is 10. The van der Waals surface area contributed by atoms with Crippen LogP contribution in [0.1, 0.15) is 12.8 Å². The number of ether oxygens (including phenoxy) is 1. The van der Waals surface area contributed by atoms with Crippen molar-refractivity contribution in [3.05, 3.63) is 73.3 Å². The van der Waals surface area contributed by atoms with E-state index in [-0.39, 0.29) is 17.7 Å². The van der Waals surface area contributed by atoms with E-state index in [1.54, 1.807) is 11.1 Å². The highest BCUT2D eigenvalue weighted by molar-refractivity contribution is 5.93. The van der Waals surface area contributed by atoms with Crippen molar-refractivity contribution in [1.29, 1.82) is 0 Å². The largest absolute Gasteiger partial charge is 0.493 e. The maximum atomic E-state index is 14.1. The average molecular weight is 620 g/mol. The van der Waals surface area contributed by atoms with Crippen molar-refractivity contribution >= 4 is 39.6 Å². The summed E-state index contributed by atoms with van der Waals surface area (Å²) >= 11 is 0. The third kappa shape index (κ3) is 4.64. The number of imidazole rings is 1. The highest BCUT2D eigenvalue weighted by Gasteiger charge is 2.40. The zero-order chi connectivity index (χ0) is 31.4. The van der Waals surface area contributed by atoms with E-state index in [2.05, 4.69) is 41.0 Å². The van der Waals surface area contributed by atoms with Crippen LogP contribution < -0.4 is 15.0 Å². The molecule has 46 heavy (non-hydrogen) atoms. The number of pyridine rings is 2. The number of carbonyl (C=O) groups excluding carboxylic acids is 1. The first-order valence-corrected chi connectivity index (χ1v) is 15.1. The van der Waals surface area contributed by atoms with Crippen molar-refractivity contribution in [3.63, 3.8) is 0 Å². The Morgan fingerprint density at radius 3 is 2.80 bits per heavy atom. The van der Waals surface area contributed by atoms with Crippen molar-refractivity contribution in [1.82, 2.24) is 44.2 Å². The molecule has 1 fully saturated rings. The summed E-state index contributed by atoms with van der Waals surface area (Å²) < 4.78 is 22.9. The average Bonchev–Trinajstić information content (AvgIpc) is 3.81. The van der Waals surface area contributed by atoms with Gasteiger partial charge < -0.3 is 24.4 Å². The number of fused-ring (bicyclic) bond motifs is 6. The first-order chi connectivity index (χ1) is 22.5. The Kier molecular flexibility index (Phi) is 6.69. The molecule has 0 saturated carbocycles. The van der Waals surface area contributed by atoms with Gasteiger partial charge in [0.2, 0.25) is 5.91 Å². The first-order valence-electron chi connectivity index (χ1n) is 15.1. The Labute approximate surface area is 262 Å². The Balaban J connectivity index is 1.19. The van der Waals surface area contributed by atoms with E-state index in [9.17, 15) is 9.18 Å². The third-order valence-electron chi connectivity index (χ3n) is 8.71. The van der Waals surface area contributed by atoms with E-state index in [4.69, 9.17) is 9.72 Å². The van der Waals surface area contributed by atoms with Gasteiger partial charge in [0, 0.05) is 44.4 Å². The number of rotatable bonds is 3. The number of hydrogen-bond donors (Lipinski definition) is 1. The topological polar surface area (TPSA) is 132 Å². The number of anilines is 2. The van der Waals surface area contributed by atoms with E-state index >= 15 is 0 Å². The van der Waals surface area contributed by atoms with Crippen LogP contribution in [0.2, 0.25) is 0 Å². The zero-order valence-corrected chi connectivity index (χ0v) is 25.2. The molecule has 2 atom stereocenters. The lowest BCUT2D eigenvalue weighted by Gasteiger charge is -2.29. The maximum absolute atomic E-state index is 14.1. The number of para-hydroxylation sites is 1. The zero-order valence-electron chi connectivity index (χ0n) is 25.2. The summed E-state index contributed by atoms with van der Waals surface area (Å²) in [7, 11) is 3.29. The van der Waals surface area contributed by atoms with E-state index < -0.39 is 11.9 Å². The lowest BCUT2D eigenvalue weighted by Crippen LogP contribution is -2.45. The fourth-order valence-electron chi connectivity index (χ4n) is 6.57. The van der Waals surface area contributed by atoms with Crippen molar-refractivity contribution < 1.29 is 13.9 Å². The Morgan fingerprint density at radius 2 is 1.91 bits per heavy atom. The normalized spacial score (nSPS) is 18.5. The molecule has 1 saturated heterocycles. The molecule has 0 aliphatic carbocycles. The smallest absolute Gasteiger partial charge is 0.245 e.